The summed E-state index contributed by atoms with van der Waals surface area (Å²) in [4.78, 5) is 130. The molecule has 6 aromatic heterocycles. The summed E-state index contributed by atoms with van der Waals surface area (Å²) in [6.07, 6.45) is 0.224. The molecule has 31 heteroatoms. The lowest BCUT2D eigenvalue weighted by atomic mass is 10.1. The molecular formula is C65H59F3N14O12S2. The van der Waals surface area contributed by atoms with E-state index in [-0.39, 0.29) is 66.2 Å². The molecule has 10 aromatic rings. The molecule has 0 radical (unpaired) electrons. The van der Waals surface area contributed by atoms with E-state index in [0.717, 1.165) is 5.56 Å². The van der Waals surface area contributed by atoms with E-state index in [1.54, 1.807) is 73.5 Å². The van der Waals surface area contributed by atoms with Crippen LogP contribution in [0.3, 0.4) is 0 Å². The maximum atomic E-state index is 13.5. The van der Waals surface area contributed by atoms with Crippen molar-refractivity contribution in [1.82, 2.24) is 38.4 Å². The number of alkyl halides is 3. The summed E-state index contributed by atoms with van der Waals surface area (Å²) in [6.45, 7) is 2.75. The monoisotopic (exact) mass is 1350 g/mol. The molecule has 0 aliphatic carbocycles. The van der Waals surface area contributed by atoms with Gasteiger partial charge in [-0.2, -0.15) is 13.2 Å². The van der Waals surface area contributed by atoms with E-state index in [0.29, 0.717) is 113 Å². The molecule has 3 aliphatic heterocycles. The van der Waals surface area contributed by atoms with Gasteiger partial charge in [-0.05, 0) is 53.1 Å². The molecule has 0 atom stereocenters. The van der Waals surface area contributed by atoms with Gasteiger partial charge >= 0.3 is 39.9 Å². The number of nitrogens with zero attached hydrogens (tertiary/aromatic N) is 14. The molecule has 96 heavy (non-hydrogen) atoms. The van der Waals surface area contributed by atoms with Gasteiger partial charge < -0.3 is 38.5 Å². The number of thiophene rings is 2. The third-order valence-corrected chi connectivity index (χ3v) is 18.5. The van der Waals surface area contributed by atoms with Crippen molar-refractivity contribution in [3.05, 3.63) is 239 Å². The predicted molar refractivity (Wildman–Crippen MR) is 357 cm³/mol. The molecule has 0 bridgehead atoms. The van der Waals surface area contributed by atoms with Crippen LogP contribution in [-0.2, 0) is 26.6 Å². The zero-order valence-corrected chi connectivity index (χ0v) is 52.9. The standard InChI is InChI=1S/C26H24N4O4S.C20H17F3N4O4S.C19H18N6O4/c31-25(22-11-6-18-35-22)28-16-14-27(15-17-28)23-20-9-4-5-10-21(20)29(26(32)24(23)30(33)34)13-12-19-7-2-1-3-8-19;21-20(22,23)12-26-14-5-2-1-4-13(14)16(17(19(26)29)27(30)31)24-7-9-25(10-8-24)18(28)15-6-3-11-32-15;1-22-15-5-3-2-4-13(15)16(17(19(22)27)25(28)29)23-8-10-24(11-9-23)18(26)14-12-20-6-7-21-14/h1-11,18H,12-17H2;1-6,11H,7-10,12H2;2-7,12H,8-11H2,1H3. The zero-order chi connectivity index (χ0) is 67.9. The molecule has 494 valence electrons. The lowest BCUT2D eigenvalue weighted by Gasteiger charge is -2.36. The van der Waals surface area contributed by atoms with E-state index < -0.39 is 61.2 Å². The molecule has 0 spiro atoms. The Bertz CT molecular complexity index is 4760. The Hall–Kier alpha value is -11.2. The van der Waals surface area contributed by atoms with E-state index in [1.165, 1.54) is 75.6 Å². The molecule has 26 nitrogen and oxygen atoms in total. The average molecular weight is 1350 g/mol. The van der Waals surface area contributed by atoms with Crippen LogP contribution >= 0.6 is 22.7 Å². The summed E-state index contributed by atoms with van der Waals surface area (Å²) in [5.74, 6) is -0.420. The fourth-order valence-electron chi connectivity index (χ4n) is 12.2. The number of rotatable bonds is 13. The second kappa shape index (κ2) is 28.6. The first-order valence-corrected chi connectivity index (χ1v) is 31.9. The van der Waals surface area contributed by atoms with Crippen molar-refractivity contribution in [3.63, 3.8) is 0 Å². The Kier molecular flexibility index (Phi) is 19.7. The van der Waals surface area contributed by atoms with Crippen LogP contribution in [0.1, 0.15) is 35.4 Å². The summed E-state index contributed by atoms with van der Waals surface area (Å²) in [6, 6.07) is 37.1. The summed E-state index contributed by atoms with van der Waals surface area (Å²) in [5, 5.41) is 40.8. The van der Waals surface area contributed by atoms with E-state index in [9.17, 15) is 72.3 Å². The number of carbonyl (C=O) groups is 3. The third kappa shape index (κ3) is 13.9. The predicted octanol–water partition coefficient (Wildman–Crippen LogP) is 8.87. The smallest absolute Gasteiger partial charge is 0.362 e. The van der Waals surface area contributed by atoms with E-state index in [1.807, 2.05) is 75.8 Å². The topological polar surface area (TPSA) is 292 Å². The highest BCUT2D eigenvalue weighted by Gasteiger charge is 2.38. The average Bonchev–Trinajstić information content (AvgIpc) is 0.786. The van der Waals surface area contributed by atoms with E-state index >= 15 is 0 Å². The van der Waals surface area contributed by atoms with Gasteiger partial charge in [0.05, 0.1) is 47.3 Å². The van der Waals surface area contributed by atoms with Gasteiger partial charge in [-0.25, -0.2) is 4.98 Å². The number of halogens is 3. The van der Waals surface area contributed by atoms with Crippen LogP contribution in [0.5, 0.6) is 0 Å². The van der Waals surface area contributed by atoms with Gasteiger partial charge in [-0.15, -0.1) is 22.7 Å². The number of benzene rings is 4. The number of piperazine rings is 3. The number of hydrogen-bond acceptors (Lipinski definition) is 19. The lowest BCUT2D eigenvalue weighted by Crippen LogP contribution is -2.49. The largest absolute Gasteiger partial charge is 0.406 e. The number of fused-ring (bicyclic) bond motifs is 3. The van der Waals surface area contributed by atoms with Crippen LogP contribution < -0.4 is 31.4 Å². The molecule has 3 fully saturated rings. The molecule has 3 saturated heterocycles. The van der Waals surface area contributed by atoms with Gasteiger partial charge in [0, 0.05) is 121 Å². The Labute approximate surface area is 550 Å². The van der Waals surface area contributed by atoms with Crippen LogP contribution in [0.4, 0.5) is 47.3 Å². The zero-order valence-electron chi connectivity index (χ0n) is 51.2. The molecule has 0 unspecified atom stereocenters. The molecule has 13 rings (SSSR count). The van der Waals surface area contributed by atoms with Gasteiger partial charge in [0.15, 0.2) is 0 Å². The van der Waals surface area contributed by atoms with E-state index in [2.05, 4.69) is 9.97 Å². The number of aromatic nitrogens is 5. The SMILES string of the molecule is Cn1c(=O)c([N+](=O)[O-])c(N2CCN(C(=O)c3cnccn3)CC2)c2ccccc21.O=C(c1cccs1)N1CCN(c2c([N+](=O)[O-])c(=O)n(CC(F)(F)F)c3ccccc23)CC1.O=C(c1cccs1)N1CCN(c2c([N+](=O)[O-])c(=O)n(CCc3ccccc3)c3ccccc23)CC1. The summed E-state index contributed by atoms with van der Waals surface area (Å²) in [7, 11) is 1.53. The normalized spacial score (nSPS) is 14.2. The highest BCUT2D eigenvalue weighted by atomic mass is 32.1. The van der Waals surface area contributed by atoms with Crippen molar-refractivity contribution in [2.45, 2.75) is 25.7 Å². The fraction of sp³-hybridized carbons (Fsp3) is 0.262. The minimum absolute atomic E-state index is 0.0164. The number of carbonyl (C=O) groups excluding carboxylic acids is 3. The maximum Gasteiger partial charge on any atom is 0.406 e. The number of nitro groups is 3. The van der Waals surface area contributed by atoms with Crippen molar-refractivity contribution < 1.29 is 42.3 Å². The van der Waals surface area contributed by atoms with Gasteiger partial charge in [0.2, 0.25) is 0 Å². The summed E-state index contributed by atoms with van der Waals surface area (Å²) in [5.41, 5.74) is -1.10. The second-order valence-electron chi connectivity index (χ2n) is 22.4. The van der Waals surface area contributed by atoms with Crippen molar-refractivity contribution in [3.8, 4) is 0 Å². The molecule has 0 N–H and O–H groups in total. The van der Waals surface area contributed by atoms with Crippen LogP contribution in [-0.4, -0.2) is 156 Å². The highest BCUT2D eigenvalue weighted by Crippen LogP contribution is 2.38. The van der Waals surface area contributed by atoms with Gasteiger partial charge in [-0.1, -0.05) is 97.1 Å². The minimum atomic E-state index is -4.73. The molecule has 3 aliphatic rings. The quantitative estimate of drug-likeness (QED) is 0.0768. The highest BCUT2D eigenvalue weighted by molar-refractivity contribution is 7.12. The van der Waals surface area contributed by atoms with Crippen LogP contribution in [0.15, 0.2) is 171 Å². The molecule has 3 amide bonds. The summed E-state index contributed by atoms with van der Waals surface area (Å²) >= 11 is 2.71. The Morgan fingerprint density at radius 2 is 0.885 bits per heavy atom. The number of pyridine rings is 3. The second-order valence-corrected chi connectivity index (χ2v) is 24.3. The summed E-state index contributed by atoms with van der Waals surface area (Å²) < 4.78 is 42.5. The Morgan fingerprint density at radius 3 is 1.30 bits per heavy atom. The van der Waals surface area contributed by atoms with Crippen molar-refractivity contribution >= 4 is 107 Å². The first-order chi connectivity index (χ1) is 46.2. The molecule has 0 saturated carbocycles. The first kappa shape index (κ1) is 66.3. The van der Waals surface area contributed by atoms with Crippen LogP contribution in [0.25, 0.3) is 32.7 Å². The van der Waals surface area contributed by atoms with Gasteiger partial charge in [-0.3, -0.25) is 68.7 Å². The third-order valence-electron chi connectivity index (χ3n) is 16.7. The maximum absolute atomic E-state index is 13.5. The number of para-hydroxylation sites is 3. The Balaban J connectivity index is 0.000000147. The fourth-order valence-corrected chi connectivity index (χ4v) is 13.6. The van der Waals surface area contributed by atoms with Gasteiger partial charge in [0.25, 0.3) is 17.7 Å². The lowest BCUT2D eigenvalue weighted by molar-refractivity contribution is -0.385. The Morgan fingerprint density at radius 1 is 0.490 bits per heavy atom. The van der Waals surface area contributed by atoms with Crippen LogP contribution in [0.2, 0.25) is 0 Å². The number of amides is 3. The van der Waals surface area contributed by atoms with Crippen LogP contribution in [0, 0.1) is 30.3 Å². The van der Waals surface area contributed by atoms with E-state index in [4.69, 9.17) is 0 Å². The molecule has 4 aromatic carbocycles. The number of anilines is 3. The van der Waals surface area contributed by atoms with Crippen molar-refractivity contribution in [2.75, 3.05) is 93.2 Å². The molecular weight excluding hydrogens is 1290 g/mol. The van der Waals surface area contributed by atoms with Gasteiger partial charge in [0.1, 0.15) is 29.3 Å². The number of hydrogen-bond donors (Lipinski definition) is 0. The number of aryl methyl sites for hydroxylation is 3. The minimum Gasteiger partial charge on any atom is -0.362 e. The molecule has 9 heterocycles. The van der Waals surface area contributed by atoms with Crippen molar-refractivity contribution in [2.24, 2.45) is 7.05 Å². The van der Waals surface area contributed by atoms with Crippen molar-refractivity contribution in [1.29, 1.82) is 0 Å². The first-order valence-electron chi connectivity index (χ1n) is 30.1.